The first-order chi connectivity index (χ1) is 63.7. The summed E-state index contributed by atoms with van der Waals surface area (Å²) in [5, 5.41) is 25.4. The van der Waals surface area contributed by atoms with Gasteiger partial charge in [0.2, 0.25) is 0 Å². The smallest absolute Gasteiger partial charge is 0.261 e. The SMILES string of the molecule is CCCCC(CCCC)N1C(=O)c2ccc3c4ccc5c6c(ccc(c7ccc(c2c37)C1=O)c64)C(=O)N(CCc1ccc(Oc2cc(C(C)=O)c3c(C(C)=O)ccc4c6c(Oc7ccc(CCN8C(=O)c9ccc%10c%11ccc%12c%13c(ccc(c%14ccc(c9c%10%14)C8=O)c%13%11)C(=O)N(C(CCCC)CCCC)C%12=O)cc7)cc7c8c(ccc(c2c34)c86)C(=O)N(CCCO)C7=O)cc1)C5=O. The molecule has 0 bridgehead atoms. The lowest BCUT2D eigenvalue weighted by Crippen LogP contribution is -2.47. The number of imide groups is 5. The van der Waals surface area contributed by atoms with E-state index in [1.54, 1.807) is 84.9 Å². The fourth-order valence-corrected chi connectivity index (χ4v) is 22.4. The van der Waals surface area contributed by atoms with E-state index in [9.17, 15) is 57.8 Å². The van der Waals surface area contributed by atoms with E-state index in [-0.39, 0.29) is 127 Å². The first-order valence-electron chi connectivity index (χ1n) is 45.9. The number of hydrogen-bond acceptors (Lipinski definition) is 15. The second-order valence-electron chi connectivity index (χ2n) is 36.0. The van der Waals surface area contributed by atoms with Crippen molar-refractivity contribution in [1.82, 2.24) is 24.5 Å². The zero-order chi connectivity index (χ0) is 90.3. The molecular weight excluding hydrogens is 1640 g/mol. The Labute approximate surface area is 751 Å². The Kier molecular flexibility index (Phi) is 19.6. The van der Waals surface area contributed by atoms with Crippen LogP contribution in [0.2, 0.25) is 0 Å². The second-order valence-corrected chi connectivity index (χ2v) is 36.0. The molecule has 5 aliphatic rings. The summed E-state index contributed by atoms with van der Waals surface area (Å²) in [5.41, 5.74) is 5.76. The number of carbonyl (C=O) groups excluding carboxylic acids is 12. The highest BCUT2D eigenvalue weighted by Crippen LogP contribution is 2.55. The molecule has 0 saturated carbocycles. The highest BCUT2D eigenvalue weighted by Gasteiger charge is 2.44. The third-order valence-corrected chi connectivity index (χ3v) is 28.6. The number of benzene rings is 17. The summed E-state index contributed by atoms with van der Waals surface area (Å²) in [4.78, 5) is 183. The van der Waals surface area contributed by atoms with Gasteiger partial charge in [-0.15, -0.1) is 0 Å². The van der Waals surface area contributed by atoms with Gasteiger partial charge in [0.15, 0.2) is 11.6 Å². The van der Waals surface area contributed by atoms with Gasteiger partial charge in [-0.2, -0.15) is 0 Å². The molecule has 5 heterocycles. The number of aliphatic hydroxyl groups is 1. The van der Waals surface area contributed by atoms with Gasteiger partial charge in [-0.3, -0.25) is 82.0 Å². The summed E-state index contributed by atoms with van der Waals surface area (Å²) in [5.74, 6) is -3.75. The number of carbonyl (C=O) groups is 12. The van der Waals surface area contributed by atoms with Crippen molar-refractivity contribution in [2.45, 2.75) is 150 Å². The first-order valence-corrected chi connectivity index (χ1v) is 45.9. The fraction of sp³-hybridized carbons (Fsp3) is 0.243. The molecule has 0 atom stereocenters. The highest BCUT2D eigenvalue weighted by molar-refractivity contribution is 6.46. The highest BCUT2D eigenvalue weighted by atomic mass is 16.5. The number of ether oxygens (including phenoxy) is 2. The molecule has 5 aliphatic heterocycles. The molecule has 17 aromatic carbocycles. The van der Waals surface area contributed by atoms with Crippen LogP contribution in [0.15, 0.2) is 182 Å². The van der Waals surface area contributed by atoms with Crippen LogP contribution < -0.4 is 9.47 Å². The predicted molar refractivity (Wildman–Crippen MR) is 508 cm³/mol. The van der Waals surface area contributed by atoms with Crippen LogP contribution in [0.5, 0.6) is 23.0 Å². The minimum Gasteiger partial charge on any atom is -0.457 e. The van der Waals surface area contributed by atoms with Gasteiger partial charge in [0.25, 0.3) is 59.1 Å². The number of fused-ring (bicyclic) bond motifs is 6. The van der Waals surface area contributed by atoms with Crippen molar-refractivity contribution < 1.29 is 72.1 Å². The third kappa shape index (κ3) is 12.1. The molecule has 0 saturated heterocycles. The fourth-order valence-electron chi connectivity index (χ4n) is 22.4. The van der Waals surface area contributed by atoms with Gasteiger partial charge in [0, 0.05) is 153 Å². The molecule has 0 unspecified atom stereocenters. The molecule has 10 amide bonds. The quantitative estimate of drug-likeness (QED) is 0.0198. The summed E-state index contributed by atoms with van der Waals surface area (Å²) in [6.45, 7) is 11.0. The normalized spacial score (nSPS) is 14.6. The van der Waals surface area contributed by atoms with E-state index in [0.717, 1.165) is 158 Å². The zero-order valence-corrected chi connectivity index (χ0v) is 73.3. The molecular formula is C111H89N5O15. The van der Waals surface area contributed by atoms with E-state index in [0.29, 0.717) is 121 Å². The molecule has 1 N–H and O–H groups in total. The topological polar surface area (TPSA) is 260 Å². The Morgan fingerprint density at radius 3 is 0.863 bits per heavy atom. The molecule has 131 heavy (non-hydrogen) atoms. The van der Waals surface area contributed by atoms with Crippen molar-refractivity contribution in [3.8, 4) is 23.0 Å². The van der Waals surface area contributed by atoms with Crippen LogP contribution >= 0.6 is 0 Å². The molecule has 0 aliphatic carbocycles. The first kappa shape index (κ1) is 82.0. The molecule has 648 valence electrons. The maximum Gasteiger partial charge on any atom is 0.261 e. The van der Waals surface area contributed by atoms with Gasteiger partial charge in [-0.25, -0.2) is 0 Å². The van der Waals surface area contributed by atoms with Crippen molar-refractivity contribution in [3.63, 3.8) is 0 Å². The number of rotatable bonds is 29. The van der Waals surface area contributed by atoms with Crippen LogP contribution in [0.3, 0.4) is 0 Å². The minimum absolute atomic E-state index is 0.0207. The molecule has 22 rings (SSSR count). The van der Waals surface area contributed by atoms with Crippen LogP contribution in [-0.4, -0.2) is 139 Å². The molecule has 20 heteroatoms. The zero-order valence-electron chi connectivity index (χ0n) is 73.3. The lowest BCUT2D eigenvalue weighted by atomic mass is 9.81. The number of aliphatic hydroxyl groups excluding tert-OH is 1. The number of Topliss-reactive ketones (excluding diaryl/α,β-unsaturated/α-hetero) is 2. The van der Waals surface area contributed by atoms with E-state index in [1.807, 2.05) is 97.1 Å². The lowest BCUT2D eigenvalue weighted by molar-refractivity contribution is 0.0502. The summed E-state index contributed by atoms with van der Waals surface area (Å²) >= 11 is 0. The average molecular weight is 1730 g/mol. The van der Waals surface area contributed by atoms with E-state index >= 15 is 4.79 Å². The predicted octanol–water partition coefficient (Wildman–Crippen LogP) is 23.2. The Hall–Kier alpha value is -14.8. The van der Waals surface area contributed by atoms with Gasteiger partial charge < -0.3 is 14.6 Å². The molecule has 0 aromatic heterocycles. The van der Waals surface area contributed by atoms with Crippen LogP contribution in [0.4, 0.5) is 0 Å². The van der Waals surface area contributed by atoms with Crippen LogP contribution in [0.25, 0.3) is 129 Å². The summed E-state index contributed by atoms with van der Waals surface area (Å²) in [6, 6.07) is 53.7. The Balaban J connectivity index is 0.559. The maximum absolute atomic E-state index is 15.1. The summed E-state index contributed by atoms with van der Waals surface area (Å²) in [6.07, 6.45) is 11.0. The van der Waals surface area contributed by atoms with E-state index < -0.39 is 35.4 Å². The maximum atomic E-state index is 15.1. The molecule has 17 aromatic rings. The Morgan fingerprint density at radius 1 is 0.275 bits per heavy atom. The lowest BCUT2D eigenvalue weighted by Gasteiger charge is -2.35. The molecule has 20 nitrogen and oxygen atoms in total. The van der Waals surface area contributed by atoms with Gasteiger partial charge in [-0.05, 0) is 236 Å². The molecule has 0 fully saturated rings. The van der Waals surface area contributed by atoms with Gasteiger partial charge in [-0.1, -0.05) is 170 Å². The van der Waals surface area contributed by atoms with E-state index in [1.165, 1.54) is 33.4 Å². The van der Waals surface area contributed by atoms with Crippen LogP contribution in [-0.2, 0) is 12.8 Å². The number of ketones is 2. The number of unbranched alkanes of at least 4 members (excludes halogenated alkanes) is 4. The Morgan fingerprint density at radius 2 is 0.550 bits per heavy atom. The number of amides is 10. The monoisotopic (exact) mass is 1730 g/mol. The van der Waals surface area contributed by atoms with Gasteiger partial charge in [0.1, 0.15) is 23.0 Å². The van der Waals surface area contributed by atoms with Crippen molar-refractivity contribution >= 4 is 200 Å². The van der Waals surface area contributed by atoms with Gasteiger partial charge in [0.05, 0.1) is 5.56 Å². The van der Waals surface area contributed by atoms with Crippen molar-refractivity contribution in [3.05, 3.63) is 260 Å². The Bertz CT molecular complexity index is 7790. The van der Waals surface area contributed by atoms with Gasteiger partial charge >= 0.3 is 0 Å². The summed E-state index contributed by atoms with van der Waals surface area (Å²) < 4.78 is 14.0. The largest absolute Gasteiger partial charge is 0.457 e. The number of hydrogen-bond donors (Lipinski definition) is 1. The molecule has 0 spiro atoms. The number of nitrogens with zero attached hydrogens (tertiary/aromatic N) is 5. The van der Waals surface area contributed by atoms with E-state index in [4.69, 9.17) is 9.47 Å². The van der Waals surface area contributed by atoms with Crippen molar-refractivity contribution in [2.75, 3.05) is 26.2 Å². The third-order valence-electron chi connectivity index (χ3n) is 28.6. The summed E-state index contributed by atoms with van der Waals surface area (Å²) in [7, 11) is 0. The van der Waals surface area contributed by atoms with Crippen molar-refractivity contribution in [2.24, 2.45) is 0 Å². The van der Waals surface area contributed by atoms with Crippen molar-refractivity contribution in [1.29, 1.82) is 0 Å². The molecule has 0 radical (unpaired) electrons. The second kappa shape index (κ2) is 31.3. The standard InChI is InChI=1S/C111H89N5O15/c1-7-11-16-60(17-12-8-2)115-108(126)80-43-33-69-65-29-39-75-93-76(40-30-66(89(65)93)70-34-44-81(109(115)127)95(80)91(69)70)104(122)113(103(75)121)51-48-58-20-24-62(25-21-58)130-86-54-84(57(6)119)88-64(56(5)118)28-37-73-99-87(55-85-97-79(102(120)112(107(85)125)50-15-53-117)47-38-74(101(97)99)98(86)100(73)88)131-63-26-22-59(23-27-63)49-52-114-105(123)77-41-31-67-71-35-45-82-96-83(111(129)116(110(82)128)61(18-13-9-3)19-14-10-4)46-36-72(92(71)96)68-32-42-78(106(114)124)94(77)90(67)68/h20-47,54-55,60-61,117H,7-19,48-53H2,1-6H3. The minimum atomic E-state index is -0.618. The van der Waals surface area contributed by atoms with Crippen LogP contribution in [0.1, 0.15) is 260 Å². The van der Waals surface area contributed by atoms with Crippen LogP contribution in [0, 0.1) is 0 Å². The van der Waals surface area contributed by atoms with E-state index in [2.05, 4.69) is 27.7 Å². The average Bonchev–Trinajstić information content (AvgIpc) is 0.690.